The van der Waals surface area contributed by atoms with E-state index in [4.69, 9.17) is 11.6 Å². The molecule has 0 saturated carbocycles. The van der Waals surface area contributed by atoms with Gasteiger partial charge in [-0.15, -0.1) is 0 Å². The molecule has 2 aromatic rings. The number of rotatable bonds is 5. The summed E-state index contributed by atoms with van der Waals surface area (Å²) in [6.45, 7) is 2.94. The van der Waals surface area contributed by atoms with Gasteiger partial charge in [-0.25, -0.2) is 0 Å². The lowest BCUT2D eigenvalue weighted by Gasteiger charge is -2.35. The minimum Gasteiger partial charge on any atom is -0.506 e. The van der Waals surface area contributed by atoms with Crippen molar-refractivity contribution < 1.29 is 14.8 Å². The average Bonchev–Trinajstić information content (AvgIpc) is 2.64. The van der Waals surface area contributed by atoms with Crippen LogP contribution in [0, 0.1) is 10.1 Å². The van der Waals surface area contributed by atoms with Crippen LogP contribution in [0.3, 0.4) is 0 Å². The van der Waals surface area contributed by atoms with E-state index in [0.29, 0.717) is 31.9 Å². The number of phenolic OH excluding ortho intramolecular Hbond substituents is 1. The molecule has 0 bridgehead atoms. The van der Waals surface area contributed by atoms with Crippen LogP contribution in [-0.2, 0) is 4.79 Å². The van der Waals surface area contributed by atoms with E-state index in [9.17, 15) is 20.0 Å². The fourth-order valence-corrected chi connectivity index (χ4v) is 3.21. The van der Waals surface area contributed by atoms with Crippen LogP contribution in [0.5, 0.6) is 5.75 Å². The summed E-state index contributed by atoms with van der Waals surface area (Å²) in [5, 5.41) is 23.5. The van der Waals surface area contributed by atoms with Gasteiger partial charge in [-0.05, 0) is 18.2 Å². The predicted molar refractivity (Wildman–Crippen MR) is 103 cm³/mol. The van der Waals surface area contributed by atoms with Crippen molar-refractivity contribution in [3.05, 3.63) is 57.6 Å². The summed E-state index contributed by atoms with van der Waals surface area (Å²) in [5.41, 5.74) is 1.01. The molecule has 27 heavy (non-hydrogen) atoms. The van der Waals surface area contributed by atoms with Crippen molar-refractivity contribution in [1.82, 2.24) is 4.90 Å². The van der Waals surface area contributed by atoms with Gasteiger partial charge in [0.2, 0.25) is 5.91 Å². The number of aromatic hydroxyl groups is 1. The smallest absolute Gasteiger partial charge is 0.271 e. The monoisotopic (exact) mass is 390 g/mol. The Hall–Kier alpha value is -2.84. The Balaban J connectivity index is 1.53. The molecular weight excluding hydrogens is 372 g/mol. The number of phenols is 1. The molecule has 8 nitrogen and oxygen atoms in total. The second kappa shape index (κ2) is 8.24. The minimum absolute atomic E-state index is 0.127. The highest BCUT2D eigenvalue weighted by Crippen LogP contribution is 2.28. The van der Waals surface area contributed by atoms with Crippen molar-refractivity contribution in [1.29, 1.82) is 0 Å². The molecule has 0 aromatic heterocycles. The molecule has 9 heteroatoms. The molecule has 0 radical (unpaired) electrons. The number of nitrogens with one attached hydrogen (secondary N) is 1. The number of para-hydroxylation sites is 2. The summed E-state index contributed by atoms with van der Waals surface area (Å²) in [7, 11) is 0. The first-order valence-corrected chi connectivity index (χ1v) is 8.81. The topological polar surface area (TPSA) is 99.0 Å². The van der Waals surface area contributed by atoms with Crippen molar-refractivity contribution in [3.8, 4) is 5.75 Å². The number of piperazine rings is 1. The Bertz CT molecular complexity index is 853. The second-order valence-electron chi connectivity index (χ2n) is 6.22. The normalized spacial score (nSPS) is 14.8. The van der Waals surface area contributed by atoms with E-state index in [-0.39, 0.29) is 28.9 Å². The summed E-state index contributed by atoms with van der Waals surface area (Å²) in [6, 6.07) is 11.1. The molecule has 2 aromatic carbocycles. The fraction of sp³-hybridized carbons (Fsp3) is 0.278. The predicted octanol–water partition coefficient (Wildman–Crippen LogP) is 2.71. The van der Waals surface area contributed by atoms with Gasteiger partial charge < -0.3 is 15.3 Å². The minimum atomic E-state index is -0.540. The zero-order valence-corrected chi connectivity index (χ0v) is 15.2. The number of nitrogens with zero attached hydrogens (tertiary/aromatic N) is 3. The maximum absolute atomic E-state index is 12.3. The van der Waals surface area contributed by atoms with Crippen LogP contribution in [-0.4, -0.2) is 53.6 Å². The number of halogens is 1. The number of nitro groups is 1. The van der Waals surface area contributed by atoms with Gasteiger partial charge in [0.25, 0.3) is 5.69 Å². The van der Waals surface area contributed by atoms with E-state index in [0.717, 1.165) is 5.69 Å². The first-order valence-electron chi connectivity index (χ1n) is 8.43. The summed E-state index contributed by atoms with van der Waals surface area (Å²) in [5.74, 6) is 0.0123. The van der Waals surface area contributed by atoms with Crippen molar-refractivity contribution in [3.63, 3.8) is 0 Å². The van der Waals surface area contributed by atoms with E-state index in [2.05, 4.69) is 10.2 Å². The summed E-state index contributed by atoms with van der Waals surface area (Å²) >= 11 is 6.00. The van der Waals surface area contributed by atoms with E-state index >= 15 is 0 Å². The largest absolute Gasteiger partial charge is 0.506 e. The van der Waals surface area contributed by atoms with Gasteiger partial charge in [-0.1, -0.05) is 23.7 Å². The van der Waals surface area contributed by atoms with E-state index in [1.165, 1.54) is 18.2 Å². The molecule has 3 rings (SSSR count). The Labute approximate surface area is 161 Å². The molecule has 0 aliphatic carbocycles. The molecule has 1 amide bonds. The first kappa shape index (κ1) is 18.9. The van der Waals surface area contributed by atoms with Crippen molar-refractivity contribution in [2.24, 2.45) is 0 Å². The summed E-state index contributed by atoms with van der Waals surface area (Å²) in [6.07, 6.45) is 0. The van der Waals surface area contributed by atoms with Crippen LogP contribution in [0.2, 0.25) is 5.02 Å². The number of hydrogen-bond donors (Lipinski definition) is 2. The molecule has 1 aliphatic heterocycles. The van der Waals surface area contributed by atoms with Gasteiger partial charge in [-0.2, -0.15) is 0 Å². The molecular formula is C18H19ClN4O4. The van der Waals surface area contributed by atoms with Gasteiger partial charge in [0.05, 0.1) is 27.9 Å². The third-order valence-corrected chi connectivity index (χ3v) is 4.71. The SMILES string of the molecule is O=C(CN1CCN(c2ccccc2O)CC1)Nc1ccc([N+](=O)[O-])cc1Cl. The van der Waals surface area contributed by atoms with Crippen LogP contribution in [0.15, 0.2) is 42.5 Å². The molecule has 1 fully saturated rings. The lowest BCUT2D eigenvalue weighted by Crippen LogP contribution is -2.48. The highest BCUT2D eigenvalue weighted by molar-refractivity contribution is 6.34. The number of nitro benzene ring substituents is 1. The van der Waals surface area contributed by atoms with Crippen LogP contribution in [0.1, 0.15) is 0 Å². The Morgan fingerprint density at radius 2 is 1.89 bits per heavy atom. The van der Waals surface area contributed by atoms with Crippen LogP contribution in [0.4, 0.5) is 17.1 Å². The highest BCUT2D eigenvalue weighted by atomic mass is 35.5. The maximum atomic E-state index is 12.3. The number of benzene rings is 2. The molecule has 142 valence electrons. The van der Waals surface area contributed by atoms with Crippen LogP contribution < -0.4 is 10.2 Å². The lowest BCUT2D eigenvalue weighted by molar-refractivity contribution is -0.384. The third-order valence-electron chi connectivity index (χ3n) is 4.40. The number of hydrogen-bond acceptors (Lipinski definition) is 6. The van der Waals surface area contributed by atoms with Crippen molar-refractivity contribution in [2.75, 3.05) is 42.9 Å². The van der Waals surface area contributed by atoms with Gasteiger partial charge in [0, 0.05) is 38.3 Å². The van der Waals surface area contributed by atoms with Gasteiger partial charge in [0.15, 0.2) is 0 Å². The third kappa shape index (κ3) is 4.66. The first-order chi connectivity index (χ1) is 12.9. The highest BCUT2D eigenvalue weighted by Gasteiger charge is 2.21. The van der Waals surface area contributed by atoms with E-state index in [1.54, 1.807) is 12.1 Å². The van der Waals surface area contributed by atoms with Gasteiger partial charge >= 0.3 is 0 Å². The number of carbonyl (C=O) groups excluding carboxylic acids is 1. The standard InChI is InChI=1S/C18H19ClN4O4/c19-14-11-13(23(26)27)5-6-15(14)20-18(25)12-21-7-9-22(10-8-21)16-3-1-2-4-17(16)24/h1-6,11,24H,7-10,12H2,(H,20,25). The second-order valence-corrected chi connectivity index (χ2v) is 6.63. The molecule has 1 saturated heterocycles. The molecule has 0 spiro atoms. The summed E-state index contributed by atoms with van der Waals surface area (Å²) in [4.78, 5) is 26.5. The van der Waals surface area contributed by atoms with Gasteiger partial charge in [0.1, 0.15) is 5.75 Å². The Morgan fingerprint density at radius 3 is 2.52 bits per heavy atom. The summed E-state index contributed by atoms with van der Waals surface area (Å²) < 4.78 is 0. The van der Waals surface area contributed by atoms with E-state index < -0.39 is 4.92 Å². The molecule has 1 heterocycles. The fourth-order valence-electron chi connectivity index (χ4n) is 2.99. The maximum Gasteiger partial charge on any atom is 0.271 e. The molecule has 0 atom stereocenters. The van der Waals surface area contributed by atoms with Crippen molar-refractivity contribution >= 4 is 34.6 Å². The molecule has 0 unspecified atom stereocenters. The zero-order valence-electron chi connectivity index (χ0n) is 14.5. The van der Waals surface area contributed by atoms with E-state index in [1.807, 2.05) is 17.0 Å². The quantitative estimate of drug-likeness (QED) is 0.601. The van der Waals surface area contributed by atoms with Crippen LogP contribution >= 0.6 is 11.6 Å². The van der Waals surface area contributed by atoms with Crippen molar-refractivity contribution in [2.45, 2.75) is 0 Å². The number of non-ortho nitro benzene ring substituents is 1. The number of carbonyl (C=O) groups is 1. The Morgan fingerprint density at radius 1 is 1.19 bits per heavy atom. The van der Waals surface area contributed by atoms with Crippen LogP contribution in [0.25, 0.3) is 0 Å². The zero-order chi connectivity index (χ0) is 19.4. The average molecular weight is 391 g/mol. The van der Waals surface area contributed by atoms with Gasteiger partial charge in [-0.3, -0.25) is 19.8 Å². The molecule has 2 N–H and O–H groups in total. The number of amides is 1. The lowest BCUT2D eigenvalue weighted by atomic mass is 10.2. The number of anilines is 2. The molecule has 1 aliphatic rings. The Kier molecular flexibility index (Phi) is 5.78.